The molecule has 0 atom stereocenters. The first-order valence-electron chi connectivity index (χ1n) is 5.26. The first kappa shape index (κ1) is 12.9. The average Bonchev–Trinajstić information content (AvgIpc) is 2.75. The molecule has 0 fully saturated rings. The normalized spacial score (nSPS) is 11.8. The molecule has 4 nitrogen and oxygen atoms in total. The van der Waals surface area contributed by atoms with Gasteiger partial charge < -0.3 is 5.21 Å². The number of aromatic nitrogens is 2. The van der Waals surface area contributed by atoms with Crippen molar-refractivity contribution in [1.29, 1.82) is 0 Å². The summed E-state index contributed by atoms with van der Waals surface area (Å²) in [6, 6.07) is 5.35. The van der Waals surface area contributed by atoms with Crippen molar-refractivity contribution in [2.45, 2.75) is 6.54 Å². The summed E-state index contributed by atoms with van der Waals surface area (Å²) in [5, 5.41) is 12.0. The van der Waals surface area contributed by atoms with E-state index in [1.807, 2.05) is 6.07 Å². The molecule has 0 saturated carbocycles. The first-order chi connectivity index (χ1) is 8.60. The Bertz CT molecular complexity index is 593. The molecule has 0 unspecified atom stereocenters. The molecule has 0 amide bonds. The zero-order valence-electron chi connectivity index (χ0n) is 9.68. The molecule has 0 saturated heterocycles. The van der Waals surface area contributed by atoms with E-state index in [-0.39, 0.29) is 0 Å². The number of imidazole rings is 1. The van der Waals surface area contributed by atoms with Gasteiger partial charge in [0.2, 0.25) is 6.33 Å². The van der Waals surface area contributed by atoms with Crippen LogP contribution in [-0.4, -0.2) is 17.3 Å². The minimum absolute atomic E-state index is 0.488. The molecule has 0 N–H and O–H groups in total. The van der Waals surface area contributed by atoms with Crippen LogP contribution in [0.2, 0.25) is 10.0 Å². The average molecular weight is 284 g/mol. The van der Waals surface area contributed by atoms with E-state index in [9.17, 15) is 5.21 Å². The van der Waals surface area contributed by atoms with Crippen molar-refractivity contribution >= 4 is 28.9 Å². The summed E-state index contributed by atoms with van der Waals surface area (Å²) in [5.41, 5.74) is 1.71. The molecule has 2 aromatic rings. The topological polar surface area (TPSA) is 44.2 Å². The number of halogens is 2. The standard InChI is InChI=1S/C12H11Cl2N3O/c1-15-12(7-16-4-5-17(18)8-16)9-2-3-10(13)11(14)6-9/h2-6,8H,7H2,1H3. The maximum atomic E-state index is 11.0. The minimum atomic E-state index is 0.488. The molecule has 94 valence electrons. The lowest BCUT2D eigenvalue weighted by molar-refractivity contribution is -0.604. The van der Waals surface area contributed by atoms with E-state index in [0.717, 1.165) is 16.0 Å². The van der Waals surface area contributed by atoms with Crippen molar-refractivity contribution in [3.05, 3.63) is 57.7 Å². The fourth-order valence-corrected chi connectivity index (χ4v) is 1.91. The summed E-state index contributed by atoms with van der Waals surface area (Å²) in [6.07, 6.45) is 4.57. The lowest BCUT2D eigenvalue weighted by Crippen LogP contribution is -2.22. The van der Waals surface area contributed by atoms with Gasteiger partial charge in [0.05, 0.1) is 15.8 Å². The third-order valence-corrected chi connectivity index (χ3v) is 3.26. The monoisotopic (exact) mass is 283 g/mol. The molecular weight excluding hydrogens is 273 g/mol. The predicted octanol–water partition coefficient (Wildman–Crippen LogP) is 2.55. The summed E-state index contributed by atoms with van der Waals surface area (Å²) in [7, 11) is 1.70. The van der Waals surface area contributed by atoms with Gasteiger partial charge in [0.25, 0.3) is 0 Å². The van der Waals surface area contributed by atoms with Crippen LogP contribution in [0.1, 0.15) is 5.56 Å². The van der Waals surface area contributed by atoms with Gasteiger partial charge in [-0.2, -0.15) is 0 Å². The van der Waals surface area contributed by atoms with Crippen LogP contribution in [0.3, 0.4) is 0 Å². The highest BCUT2D eigenvalue weighted by molar-refractivity contribution is 6.42. The van der Waals surface area contributed by atoms with Gasteiger partial charge in [-0.3, -0.25) is 4.99 Å². The number of hydrogen-bond donors (Lipinski definition) is 0. The van der Waals surface area contributed by atoms with Crippen molar-refractivity contribution in [1.82, 2.24) is 4.57 Å². The van der Waals surface area contributed by atoms with Gasteiger partial charge >= 0.3 is 0 Å². The predicted molar refractivity (Wildman–Crippen MR) is 72.3 cm³/mol. The summed E-state index contributed by atoms with van der Waals surface area (Å²) in [6.45, 7) is 0.504. The summed E-state index contributed by atoms with van der Waals surface area (Å²) >= 11 is 11.8. The smallest absolute Gasteiger partial charge is 0.247 e. The lowest BCUT2D eigenvalue weighted by atomic mass is 10.1. The number of nitrogens with zero attached hydrogens (tertiary/aromatic N) is 3. The second kappa shape index (κ2) is 5.42. The van der Waals surface area contributed by atoms with Crippen molar-refractivity contribution in [2.75, 3.05) is 7.05 Å². The lowest BCUT2D eigenvalue weighted by Gasteiger charge is -2.05. The Kier molecular flexibility index (Phi) is 3.89. The van der Waals surface area contributed by atoms with Crippen molar-refractivity contribution in [2.24, 2.45) is 4.99 Å². The van der Waals surface area contributed by atoms with Crippen molar-refractivity contribution in [3.63, 3.8) is 0 Å². The van der Waals surface area contributed by atoms with Gasteiger partial charge in [-0.05, 0) is 12.1 Å². The Hall–Kier alpha value is -1.52. The number of rotatable bonds is 3. The zero-order valence-corrected chi connectivity index (χ0v) is 11.2. The highest BCUT2D eigenvalue weighted by Crippen LogP contribution is 2.23. The van der Waals surface area contributed by atoms with E-state index >= 15 is 0 Å². The molecule has 0 aliphatic rings. The van der Waals surface area contributed by atoms with E-state index < -0.39 is 0 Å². The summed E-state index contributed by atoms with van der Waals surface area (Å²) in [5.74, 6) is 0. The van der Waals surface area contributed by atoms with Crippen LogP contribution in [0.5, 0.6) is 0 Å². The Morgan fingerprint density at radius 2 is 2.17 bits per heavy atom. The van der Waals surface area contributed by atoms with Crippen molar-refractivity contribution in [3.8, 4) is 0 Å². The van der Waals surface area contributed by atoms with Gasteiger partial charge in [0, 0.05) is 12.6 Å². The Morgan fingerprint density at radius 3 is 2.72 bits per heavy atom. The van der Waals surface area contributed by atoms with Crippen LogP contribution in [0.15, 0.2) is 41.9 Å². The molecule has 18 heavy (non-hydrogen) atoms. The fraction of sp³-hybridized carbons (Fsp3) is 0.167. The zero-order chi connectivity index (χ0) is 13.1. The Morgan fingerprint density at radius 1 is 1.39 bits per heavy atom. The van der Waals surface area contributed by atoms with E-state index in [0.29, 0.717) is 16.6 Å². The third-order valence-electron chi connectivity index (χ3n) is 2.52. The maximum absolute atomic E-state index is 11.0. The number of hydrogen-bond acceptors (Lipinski definition) is 2. The first-order valence-corrected chi connectivity index (χ1v) is 6.01. The second-order valence-electron chi connectivity index (χ2n) is 3.75. The third kappa shape index (κ3) is 2.83. The highest BCUT2D eigenvalue weighted by Gasteiger charge is 2.09. The Balaban J connectivity index is 2.26. The molecule has 0 aliphatic heterocycles. The van der Waals surface area contributed by atoms with Crippen LogP contribution >= 0.6 is 23.2 Å². The maximum Gasteiger partial charge on any atom is 0.247 e. The van der Waals surface area contributed by atoms with Gasteiger partial charge in [-0.25, -0.2) is 9.30 Å². The second-order valence-corrected chi connectivity index (χ2v) is 4.56. The summed E-state index contributed by atoms with van der Waals surface area (Å²) in [4.78, 5) is 4.22. The molecule has 1 aromatic carbocycles. The molecule has 0 aliphatic carbocycles. The minimum Gasteiger partial charge on any atom is -0.711 e. The van der Waals surface area contributed by atoms with Crippen LogP contribution < -0.4 is 4.73 Å². The quantitative estimate of drug-likeness (QED) is 0.485. The number of benzene rings is 1. The van der Waals surface area contributed by atoms with Crippen LogP contribution in [0.4, 0.5) is 0 Å². The van der Waals surface area contributed by atoms with Crippen LogP contribution in [0.25, 0.3) is 0 Å². The van der Waals surface area contributed by atoms with Gasteiger partial charge in [-0.1, -0.05) is 29.3 Å². The molecule has 0 radical (unpaired) electrons. The van der Waals surface area contributed by atoms with Gasteiger partial charge in [-0.15, -0.1) is 0 Å². The largest absolute Gasteiger partial charge is 0.711 e. The van der Waals surface area contributed by atoms with Crippen LogP contribution in [-0.2, 0) is 6.54 Å². The van der Waals surface area contributed by atoms with E-state index in [4.69, 9.17) is 23.2 Å². The van der Waals surface area contributed by atoms with E-state index in [1.54, 1.807) is 29.9 Å². The molecule has 0 spiro atoms. The number of aliphatic imine (C=N–C) groups is 1. The Labute approximate surface area is 115 Å². The van der Waals surface area contributed by atoms with Crippen molar-refractivity contribution < 1.29 is 4.73 Å². The SMILES string of the molecule is CN=C(Cn1cc[n+]([O-])c1)c1ccc(Cl)c(Cl)c1. The molecule has 1 aromatic heterocycles. The molecule has 1 heterocycles. The summed E-state index contributed by atoms with van der Waals surface area (Å²) < 4.78 is 2.49. The van der Waals surface area contributed by atoms with E-state index in [1.165, 1.54) is 12.5 Å². The molecular formula is C12H11Cl2N3O. The van der Waals surface area contributed by atoms with Gasteiger partial charge in [0.15, 0.2) is 0 Å². The molecule has 0 bridgehead atoms. The van der Waals surface area contributed by atoms with E-state index in [2.05, 4.69) is 4.99 Å². The molecule has 6 heteroatoms. The van der Waals surface area contributed by atoms with Gasteiger partial charge in [0.1, 0.15) is 18.9 Å². The van der Waals surface area contributed by atoms with Crippen LogP contribution in [0, 0.1) is 5.21 Å². The highest BCUT2D eigenvalue weighted by atomic mass is 35.5. The molecule has 2 rings (SSSR count). The fourth-order valence-electron chi connectivity index (χ4n) is 1.61.